The van der Waals surface area contributed by atoms with Gasteiger partial charge in [-0.25, -0.2) is 19.2 Å². The Balaban J connectivity index is 1.48. The molecule has 0 bridgehead atoms. The molecule has 5 rings (SSSR count). The normalized spacial score (nSPS) is 18.6. The highest BCUT2D eigenvalue weighted by Crippen LogP contribution is 2.32. The number of aliphatic hydroxyl groups is 1. The summed E-state index contributed by atoms with van der Waals surface area (Å²) in [5.74, 6) is 1.06. The number of nitrogens with zero attached hydrogens (tertiary/aromatic N) is 4. The minimum absolute atomic E-state index is 0.00446. The quantitative estimate of drug-likeness (QED) is 0.335. The molecule has 2 aromatic heterocycles. The molecule has 0 amide bonds. The van der Waals surface area contributed by atoms with Gasteiger partial charge in [-0.15, -0.1) is 0 Å². The van der Waals surface area contributed by atoms with E-state index in [1.54, 1.807) is 6.33 Å². The number of hydrogen-bond donors (Lipinski definition) is 2. The Morgan fingerprint density at radius 1 is 1.11 bits per heavy atom. The second-order valence-corrected chi connectivity index (χ2v) is 9.74. The highest BCUT2D eigenvalue weighted by Gasteiger charge is 2.28. The molecule has 36 heavy (non-hydrogen) atoms. The predicted molar refractivity (Wildman–Crippen MR) is 138 cm³/mol. The fourth-order valence-corrected chi connectivity index (χ4v) is 4.79. The summed E-state index contributed by atoms with van der Waals surface area (Å²) < 4.78 is 24.7. The van der Waals surface area contributed by atoms with Gasteiger partial charge in [-0.1, -0.05) is 60.7 Å². The van der Waals surface area contributed by atoms with Crippen molar-refractivity contribution >= 4 is 28.1 Å². The first-order chi connectivity index (χ1) is 17.6. The molecule has 188 valence electrons. The summed E-state index contributed by atoms with van der Waals surface area (Å²) in [5, 5.41) is 13.0. The number of aromatic nitrogens is 4. The second kappa shape index (κ2) is 11.3. The summed E-state index contributed by atoms with van der Waals surface area (Å²) in [4.78, 5) is 13.9. The number of fused-ring (bicyclic) bond motifs is 1. The molecular formula is C26H29N5O4S. The SMILES string of the molecule is CS(=O)OCc1nc(NCC(c2ccccc2)c2ccccc2)c2ncn(C3CCC(CO)O3)c2n1. The highest BCUT2D eigenvalue weighted by atomic mass is 32.2. The maximum atomic E-state index is 11.5. The van der Waals surface area contributed by atoms with Crippen molar-refractivity contribution in [3.05, 3.63) is 83.9 Å². The summed E-state index contributed by atoms with van der Waals surface area (Å²) in [5.41, 5.74) is 3.59. The Labute approximate surface area is 212 Å². The number of anilines is 1. The minimum atomic E-state index is -1.45. The molecular weight excluding hydrogens is 478 g/mol. The van der Waals surface area contributed by atoms with E-state index in [2.05, 4.69) is 44.5 Å². The lowest BCUT2D eigenvalue weighted by Gasteiger charge is -2.20. The van der Waals surface area contributed by atoms with Crippen LogP contribution < -0.4 is 5.32 Å². The van der Waals surface area contributed by atoms with Gasteiger partial charge in [0.2, 0.25) is 0 Å². The lowest BCUT2D eigenvalue weighted by Crippen LogP contribution is -2.17. The van der Waals surface area contributed by atoms with Crippen LogP contribution >= 0.6 is 0 Å². The van der Waals surface area contributed by atoms with Gasteiger partial charge >= 0.3 is 0 Å². The van der Waals surface area contributed by atoms with Crippen molar-refractivity contribution in [3.63, 3.8) is 0 Å². The average molecular weight is 508 g/mol. The molecule has 3 atom stereocenters. The first-order valence-corrected chi connectivity index (χ1v) is 13.4. The van der Waals surface area contributed by atoms with Crippen LogP contribution in [-0.4, -0.2) is 54.3 Å². The maximum absolute atomic E-state index is 11.5. The number of rotatable bonds is 10. The predicted octanol–water partition coefficient (Wildman–Crippen LogP) is 3.55. The summed E-state index contributed by atoms with van der Waals surface area (Å²) >= 11 is -1.45. The highest BCUT2D eigenvalue weighted by molar-refractivity contribution is 7.79. The molecule has 3 heterocycles. The van der Waals surface area contributed by atoms with Crippen molar-refractivity contribution in [2.45, 2.75) is 37.7 Å². The van der Waals surface area contributed by atoms with Crippen molar-refractivity contribution in [3.8, 4) is 0 Å². The molecule has 1 aliphatic rings. The van der Waals surface area contributed by atoms with Crippen molar-refractivity contribution in [2.75, 3.05) is 24.7 Å². The smallest absolute Gasteiger partial charge is 0.168 e. The first kappa shape index (κ1) is 24.5. The fraction of sp³-hybridized carbons (Fsp3) is 0.346. The Hall–Kier alpha value is -3.18. The molecule has 3 unspecified atom stereocenters. The second-order valence-electron chi connectivity index (χ2n) is 8.70. The largest absolute Gasteiger partial charge is 0.394 e. The van der Waals surface area contributed by atoms with Crippen molar-refractivity contribution in [1.82, 2.24) is 19.5 Å². The van der Waals surface area contributed by atoms with E-state index < -0.39 is 11.1 Å². The molecule has 10 heteroatoms. The Bertz CT molecular complexity index is 1280. The van der Waals surface area contributed by atoms with Crippen molar-refractivity contribution in [1.29, 1.82) is 0 Å². The van der Waals surface area contributed by atoms with E-state index in [0.717, 1.165) is 12.8 Å². The number of aliphatic hydroxyl groups excluding tert-OH is 1. The Kier molecular flexibility index (Phi) is 7.66. The van der Waals surface area contributed by atoms with Gasteiger partial charge in [0.05, 0.1) is 19.0 Å². The van der Waals surface area contributed by atoms with Crippen LogP contribution in [0.15, 0.2) is 67.0 Å². The van der Waals surface area contributed by atoms with Gasteiger partial charge in [0, 0.05) is 18.7 Å². The van der Waals surface area contributed by atoms with Gasteiger partial charge in [0.15, 0.2) is 33.9 Å². The van der Waals surface area contributed by atoms with Crippen LogP contribution in [0.5, 0.6) is 0 Å². The van der Waals surface area contributed by atoms with Crippen LogP contribution in [0, 0.1) is 0 Å². The molecule has 0 aliphatic carbocycles. The van der Waals surface area contributed by atoms with Crippen LogP contribution in [0.2, 0.25) is 0 Å². The molecule has 4 aromatic rings. The van der Waals surface area contributed by atoms with Crippen LogP contribution in [0.1, 0.15) is 41.9 Å². The number of imidazole rings is 1. The van der Waals surface area contributed by atoms with Gasteiger partial charge < -0.3 is 15.2 Å². The first-order valence-electron chi connectivity index (χ1n) is 11.9. The zero-order valence-corrected chi connectivity index (χ0v) is 20.8. The molecule has 2 aromatic carbocycles. The lowest BCUT2D eigenvalue weighted by molar-refractivity contribution is -0.0207. The van der Waals surface area contributed by atoms with Gasteiger partial charge in [-0.3, -0.25) is 8.75 Å². The van der Waals surface area contributed by atoms with Gasteiger partial charge in [0.1, 0.15) is 12.8 Å². The van der Waals surface area contributed by atoms with Crippen LogP contribution in [-0.2, 0) is 26.6 Å². The fourth-order valence-electron chi connectivity index (χ4n) is 4.52. The van der Waals surface area contributed by atoms with Crippen LogP contribution in [0.4, 0.5) is 5.82 Å². The summed E-state index contributed by atoms with van der Waals surface area (Å²) in [6.07, 6.45) is 4.20. The van der Waals surface area contributed by atoms with E-state index >= 15 is 0 Å². The summed E-state index contributed by atoms with van der Waals surface area (Å²) in [7, 11) is 0. The molecule has 2 N–H and O–H groups in total. The van der Waals surface area contributed by atoms with Crippen LogP contribution in [0.25, 0.3) is 11.2 Å². The van der Waals surface area contributed by atoms with Crippen molar-refractivity contribution < 1.29 is 18.2 Å². The number of benzene rings is 2. The molecule has 1 fully saturated rings. The van der Waals surface area contributed by atoms with Crippen molar-refractivity contribution in [2.24, 2.45) is 0 Å². The molecule has 1 saturated heterocycles. The molecule has 0 radical (unpaired) electrons. The number of hydrogen-bond acceptors (Lipinski definition) is 8. The van der Waals surface area contributed by atoms with E-state index in [4.69, 9.17) is 8.92 Å². The van der Waals surface area contributed by atoms with E-state index in [0.29, 0.717) is 29.4 Å². The van der Waals surface area contributed by atoms with Gasteiger partial charge in [0.25, 0.3) is 0 Å². The number of nitrogens with one attached hydrogen (secondary N) is 1. The molecule has 1 aliphatic heterocycles. The van der Waals surface area contributed by atoms with E-state index in [-0.39, 0.29) is 31.5 Å². The van der Waals surface area contributed by atoms with Gasteiger partial charge in [-0.05, 0) is 24.0 Å². The lowest BCUT2D eigenvalue weighted by atomic mass is 9.91. The maximum Gasteiger partial charge on any atom is 0.168 e. The Morgan fingerprint density at radius 3 is 2.42 bits per heavy atom. The summed E-state index contributed by atoms with van der Waals surface area (Å²) in [6.45, 7) is 0.566. The third kappa shape index (κ3) is 5.46. The molecule has 0 saturated carbocycles. The Morgan fingerprint density at radius 2 is 1.81 bits per heavy atom. The standard InChI is InChI=1S/C26H29N5O4S/c1-36(33)34-16-22-29-25(24-26(30-22)31(17-28-24)23-13-12-20(15-32)35-23)27-14-21(18-8-4-2-5-9-18)19-10-6-3-7-11-19/h2-11,17,20-21,23,32H,12-16H2,1H3,(H,27,29,30). The van der Waals surface area contributed by atoms with Gasteiger partial charge in [-0.2, -0.15) is 0 Å². The average Bonchev–Trinajstić information content (AvgIpc) is 3.56. The number of ether oxygens (including phenoxy) is 1. The summed E-state index contributed by atoms with van der Waals surface area (Å²) in [6, 6.07) is 20.7. The molecule has 0 spiro atoms. The third-order valence-corrected chi connectivity index (χ3v) is 6.75. The van der Waals surface area contributed by atoms with Crippen LogP contribution in [0.3, 0.4) is 0 Å². The van der Waals surface area contributed by atoms with E-state index in [1.807, 2.05) is 41.0 Å². The monoisotopic (exact) mass is 507 g/mol. The molecule has 9 nitrogen and oxygen atoms in total. The zero-order chi connectivity index (χ0) is 24.9. The van der Waals surface area contributed by atoms with E-state index in [9.17, 15) is 9.32 Å². The minimum Gasteiger partial charge on any atom is -0.394 e. The van der Waals surface area contributed by atoms with E-state index in [1.165, 1.54) is 17.4 Å². The topological polar surface area (TPSA) is 111 Å². The zero-order valence-electron chi connectivity index (χ0n) is 20.0. The third-order valence-electron chi connectivity index (χ3n) is 6.30.